The summed E-state index contributed by atoms with van der Waals surface area (Å²) in [5.41, 5.74) is 0.213. The molecular weight excluding hydrogens is 300 g/mol. The first kappa shape index (κ1) is 13.0. The molecule has 0 atom stereocenters. The van der Waals surface area contributed by atoms with E-state index in [1.165, 1.54) is 25.0 Å². The summed E-state index contributed by atoms with van der Waals surface area (Å²) in [6.45, 7) is 0.624. The van der Waals surface area contributed by atoms with Crippen LogP contribution in [0.5, 0.6) is 0 Å². The zero-order valence-electron chi connectivity index (χ0n) is 9.69. The lowest BCUT2D eigenvalue weighted by atomic mass is 10.2. The lowest BCUT2D eigenvalue weighted by Crippen LogP contribution is -2.25. The lowest BCUT2D eigenvalue weighted by molar-refractivity contribution is -0.385. The molecule has 96 valence electrons. The van der Waals surface area contributed by atoms with Crippen LogP contribution in [-0.2, 0) is 0 Å². The van der Waals surface area contributed by atoms with Crippen LogP contribution in [0.15, 0.2) is 22.7 Å². The van der Waals surface area contributed by atoms with Gasteiger partial charge in [-0.05, 0) is 34.3 Å². The Morgan fingerprint density at radius 1 is 1.50 bits per heavy atom. The van der Waals surface area contributed by atoms with Crippen molar-refractivity contribution in [2.45, 2.75) is 19.3 Å². The average Bonchev–Trinajstić information content (AvgIpc) is 3.12. The van der Waals surface area contributed by atoms with Crippen LogP contribution in [-0.4, -0.2) is 17.4 Å². The van der Waals surface area contributed by atoms with Gasteiger partial charge in [0.2, 0.25) is 0 Å². The van der Waals surface area contributed by atoms with E-state index in [0.29, 0.717) is 12.1 Å². The highest BCUT2D eigenvalue weighted by Crippen LogP contribution is 2.32. The van der Waals surface area contributed by atoms with E-state index < -0.39 is 4.92 Å². The van der Waals surface area contributed by atoms with E-state index in [4.69, 9.17) is 0 Å². The summed E-state index contributed by atoms with van der Waals surface area (Å²) in [6, 6.07) is 4.45. The van der Waals surface area contributed by atoms with Gasteiger partial charge >= 0.3 is 0 Å². The number of amides is 1. The predicted octanol–water partition coefficient (Wildman–Crippen LogP) is 2.89. The van der Waals surface area contributed by atoms with E-state index in [1.54, 1.807) is 6.07 Å². The molecule has 0 saturated heterocycles. The van der Waals surface area contributed by atoms with E-state index in [1.807, 2.05) is 0 Å². The van der Waals surface area contributed by atoms with Crippen molar-refractivity contribution in [2.24, 2.45) is 5.92 Å². The molecule has 0 bridgehead atoms. The quantitative estimate of drug-likeness (QED) is 0.671. The second-order valence-corrected chi connectivity index (χ2v) is 5.18. The molecule has 18 heavy (non-hydrogen) atoms. The summed E-state index contributed by atoms with van der Waals surface area (Å²) in [6.07, 6.45) is 3.48. The third kappa shape index (κ3) is 3.07. The average molecular weight is 313 g/mol. The van der Waals surface area contributed by atoms with Gasteiger partial charge in [0.1, 0.15) is 4.47 Å². The maximum Gasteiger partial charge on any atom is 0.284 e. The van der Waals surface area contributed by atoms with Crippen LogP contribution in [0.2, 0.25) is 0 Å². The van der Waals surface area contributed by atoms with Gasteiger partial charge in [-0.1, -0.05) is 18.9 Å². The largest absolute Gasteiger partial charge is 0.352 e. The number of nitrogens with zero attached hydrogens (tertiary/aromatic N) is 1. The van der Waals surface area contributed by atoms with Crippen LogP contribution in [0.1, 0.15) is 29.6 Å². The Kier molecular flexibility index (Phi) is 3.96. The SMILES string of the molecule is O=C(NCCC1CC1)c1cccc([N+](=O)[O-])c1Br. The van der Waals surface area contributed by atoms with Gasteiger partial charge in [-0.2, -0.15) is 0 Å². The number of nitro groups is 1. The van der Waals surface area contributed by atoms with Crippen LogP contribution in [0.4, 0.5) is 5.69 Å². The molecule has 0 aromatic heterocycles. The minimum Gasteiger partial charge on any atom is -0.352 e. The number of halogens is 1. The van der Waals surface area contributed by atoms with Gasteiger partial charge in [0, 0.05) is 12.6 Å². The number of carbonyl (C=O) groups is 1. The molecule has 1 saturated carbocycles. The van der Waals surface area contributed by atoms with Gasteiger partial charge in [0.25, 0.3) is 11.6 Å². The molecule has 2 rings (SSSR count). The van der Waals surface area contributed by atoms with E-state index in [0.717, 1.165) is 12.3 Å². The van der Waals surface area contributed by atoms with Crippen molar-refractivity contribution in [3.05, 3.63) is 38.3 Å². The number of carbonyl (C=O) groups excluding carboxylic acids is 1. The molecule has 6 heteroatoms. The topological polar surface area (TPSA) is 72.2 Å². The van der Waals surface area contributed by atoms with E-state index in [-0.39, 0.29) is 16.1 Å². The van der Waals surface area contributed by atoms with Crippen molar-refractivity contribution >= 4 is 27.5 Å². The van der Waals surface area contributed by atoms with Crippen molar-refractivity contribution in [1.82, 2.24) is 5.32 Å². The van der Waals surface area contributed by atoms with Gasteiger partial charge < -0.3 is 5.32 Å². The van der Waals surface area contributed by atoms with E-state index in [9.17, 15) is 14.9 Å². The van der Waals surface area contributed by atoms with Crippen LogP contribution in [0, 0.1) is 16.0 Å². The van der Waals surface area contributed by atoms with Crippen LogP contribution in [0.25, 0.3) is 0 Å². The second kappa shape index (κ2) is 5.48. The zero-order chi connectivity index (χ0) is 13.1. The van der Waals surface area contributed by atoms with Gasteiger partial charge in [-0.25, -0.2) is 0 Å². The van der Waals surface area contributed by atoms with Crippen molar-refractivity contribution in [3.8, 4) is 0 Å². The fourth-order valence-corrected chi connectivity index (χ4v) is 2.32. The van der Waals surface area contributed by atoms with E-state index in [2.05, 4.69) is 21.2 Å². The van der Waals surface area contributed by atoms with Gasteiger partial charge in [0.15, 0.2) is 0 Å². The molecular formula is C12H13BrN2O3. The smallest absolute Gasteiger partial charge is 0.284 e. The van der Waals surface area contributed by atoms with Crippen LogP contribution >= 0.6 is 15.9 Å². The minimum absolute atomic E-state index is 0.0927. The van der Waals surface area contributed by atoms with Crippen LogP contribution in [0.3, 0.4) is 0 Å². The summed E-state index contributed by atoms with van der Waals surface area (Å²) in [5, 5.41) is 13.5. The number of nitrogens with one attached hydrogen (secondary N) is 1. The molecule has 0 unspecified atom stereocenters. The molecule has 1 aliphatic rings. The molecule has 1 amide bonds. The van der Waals surface area contributed by atoms with Crippen molar-refractivity contribution in [2.75, 3.05) is 6.54 Å². The highest BCUT2D eigenvalue weighted by molar-refractivity contribution is 9.10. The Morgan fingerprint density at radius 3 is 2.83 bits per heavy atom. The first-order chi connectivity index (χ1) is 8.59. The lowest BCUT2D eigenvalue weighted by Gasteiger charge is -2.06. The number of rotatable bonds is 5. The normalized spacial score (nSPS) is 14.3. The van der Waals surface area contributed by atoms with E-state index >= 15 is 0 Å². The maximum absolute atomic E-state index is 11.9. The monoisotopic (exact) mass is 312 g/mol. The number of hydrogen-bond acceptors (Lipinski definition) is 3. The van der Waals surface area contributed by atoms with Crippen molar-refractivity contribution in [3.63, 3.8) is 0 Å². The molecule has 1 aromatic rings. The van der Waals surface area contributed by atoms with Crippen LogP contribution < -0.4 is 5.32 Å². The third-order valence-electron chi connectivity index (χ3n) is 2.95. The number of benzene rings is 1. The summed E-state index contributed by atoms with van der Waals surface area (Å²) in [4.78, 5) is 22.1. The third-order valence-corrected chi connectivity index (χ3v) is 3.79. The molecule has 1 aliphatic carbocycles. The summed E-state index contributed by atoms with van der Waals surface area (Å²) in [7, 11) is 0. The fraction of sp³-hybridized carbons (Fsp3) is 0.417. The zero-order valence-corrected chi connectivity index (χ0v) is 11.3. The molecule has 1 N–H and O–H groups in total. The van der Waals surface area contributed by atoms with Crippen molar-refractivity contribution in [1.29, 1.82) is 0 Å². The van der Waals surface area contributed by atoms with Gasteiger partial charge in [-0.3, -0.25) is 14.9 Å². The highest BCUT2D eigenvalue weighted by atomic mass is 79.9. The Bertz CT molecular complexity index is 486. The standard InChI is InChI=1S/C12H13BrN2O3/c13-11-9(2-1-3-10(11)15(17)18)12(16)14-7-6-8-4-5-8/h1-3,8H,4-7H2,(H,14,16). The molecule has 1 aromatic carbocycles. The molecule has 1 fully saturated rings. The number of nitro benzene ring substituents is 1. The molecule has 0 spiro atoms. The molecule has 0 heterocycles. The Balaban J connectivity index is 2.04. The fourth-order valence-electron chi connectivity index (χ4n) is 1.73. The summed E-state index contributed by atoms with van der Waals surface area (Å²) >= 11 is 3.11. The highest BCUT2D eigenvalue weighted by Gasteiger charge is 2.22. The molecule has 0 aliphatic heterocycles. The Labute approximate surface area is 113 Å². The molecule has 0 radical (unpaired) electrons. The van der Waals surface area contributed by atoms with Crippen molar-refractivity contribution < 1.29 is 9.72 Å². The Hall–Kier alpha value is -1.43. The Morgan fingerprint density at radius 2 is 2.22 bits per heavy atom. The maximum atomic E-state index is 11.9. The minimum atomic E-state index is -0.509. The predicted molar refractivity (Wildman–Crippen MR) is 70.5 cm³/mol. The van der Waals surface area contributed by atoms with Gasteiger partial charge in [0.05, 0.1) is 10.5 Å². The second-order valence-electron chi connectivity index (χ2n) is 4.38. The van der Waals surface area contributed by atoms with Gasteiger partial charge in [-0.15, -0.1) is 0 Å². The molecule has 5 nitrogen and oxygen atoms in total. The first-order valence-electron chi connectivity index (χ1n) is 5.80. The summed E-state index contributed by atoms with van der Waals surface area (Å²) in [5.74, 6) is 0.477. The summed E-state index contributed by atoms with van der Waals surface area (Å²) < 4.78 is 0.235. The first-order valence-corrected chi connectivity index (χ1v) is 6.60. The number of hydrogen-bond donors (Lipinski definition) is 1.